The zero-order valence-electron chi connectivity index (χ0n) is 8.37. The number of thiophene rings is 1. The van der Waals surface area contributed by atoms with Gasteiger partial charge in [-0.1, -0.05) is 6.92 Å². The maximum atomic E-state index is 5.13. The molecule has 1 unspecified atom stereocenters. The Bertz CT molecular complexity index is 410. The summed E-state index contributed by atoms with van der Waals surface area (Å²) in [6.07, 6.45) is 3.50. The van der Waals surface area contributed by atoms with E-state index in [0.29, 0.717) is 0 Å². The van der Waals surface area contributed by atoms with Gasteiger partial charge in [-0.25, -0.2) is 0 Å². The summed E-state index contributed by atoms with van der Waals surface area (Å²) in [5.74, 6) is 0. The minimum atomic E-state index is 0.217. The van der Waals surface area contributed by atoms with Crippen molar-refractivity contribution in [1.29, 1.82) is 0 Å². The van der Waals surface area contributed by atoms with Crippen LogP contribution in [0.2, 0.25) is 0 Å². The summed E-state index contributed by atoms with van der Waals surface area (Å²) < 4.78 is 6.28. The second-order valence-corrected chi connectivity index (χ2v) is 4.82. The molecule has 2 aromatic heterocycles. The smallest absolute Gasteiger partial charge is 0.0953 e. The van der Waals surface area contributed by atoms with Crippen molar-refractivity contribution >= 4 is 27.3 Å². The molecule has 0 aromatic carbocycles. The van der Waals surface area contributed by atoms with Crippen molar-refractivity contribution in [2.45, 2.75) is 13.0 Å². The molecular formula is C11H12BrNOS. The van der Waals surface area contributed by atoms with Gasteiger partial charge in [-0.2, -0.15) is 11.3 Å². The minimum absolute atomic E-state index is 0.217. The van der Waals surface area contributed by atoms with E-state index in [1.165, 1.54) is 5.56 Å². The highest BCUT2D eigenvalue weighted by molar-refractivity contribution is 9.10. The Labute approximate surface area is 101 Å². The zero-order chi connectivity index (χ0) is 10.7. The topological polar surface area (TPSA) is 25.2 Å². The lowest BCUT2D eigenvalue weighted by Crippen LogP contribution is -2.21. The summed E-state index contributed by atoms with van der Waals surface area (Å²) in [5, 5.41) is 7.70. The second-order valence-electron chi connectivity index (χ2n) is 3.22. The maximum Gasteiger partial charge on any atom is 0.0953 e. The Hall–Kier alpha value is -0.580. The molecule has 15 heavy (non-hydrogen) atoms. The quantitative estimate of drug-likeness (QED) is 0.924. The highest BCUT2D eigenvalue weighted by atomic mass is 79.9. The lowest BCUT2D eigenvalue weighted by atomic mass is 10.0. The molecule has 2 rings (SSSR count). The first-order chi connectivity index (χ1) is 7.33. The Morgan fingerprint density at radius 1 is 1.53 bits per heavy atom. The summed E-state index contributed by atoms with van der Waals surface area (Å²) in [5.41, 5.74) is 2.43. The summed E-state index contributed by atoms with van der Waals surface area (Å²) in [4.78, 5) is 0. The van der Waals surface area contributed by atoms with Gasteiger partial charge in [-0.3, -0.25) is 0 Å². The molecule has 0 saturated carbocycles. The molecule has 2 nitrogen and oxygen atoms in total. The predicted molar refractivity (Wildman–Crippen MR) is 66.2 cm³/mol. The normalized spacial score (nSPS) is 12.9. The highest BCUT2D eigenvalue weighted by Gasteiger charge is 2.17. The highest BCUT2D eigenvalue weighted by Crippen LogP contribution is 2.31. The van der Waals surface area contributed by atoms with Gasteiger partial charge in [0.05, 0.1) is 18.6 Å². The Morgan fingerprint density at radius 3 is 2.93 bits per heavy atom. The summed E-state index contributed by atoms with van der Waals surface area (Å²) in [7, 11) is 0. The van der Waals surface area contributed by atoms with Gasteiger partial charge in [0, 0.05) is 15.4 Å². The number of halogens is 1. The van der Waals surface area contributed by atoms with Gasteiger partial charge in [-0.15, -0.1) is 0 Å². The van der Waals surface area contributed by atoms with Crippen LogP contribution in [0.1, 0.15) is 24.1 Å². The number of rotatable bonds is 4. The van der Waals surface area contributed by atoms with Gasteiger partial charge in [0.2, 0.25) is 0 Å². The van der Waals surface area contributed by atoms with Crippen LogP contribution in [-0.2, 0) is 0 Å². The summed E-state index contributed by atoms with van der Waals surface area (Å²) in [6, 6.07) is 2.21. The van der Waals surface area contributed by atoms with Crippen molar-refractivity contribution in [3.8, 4) is 0 Å². The van der Waals surface area contributed by atoms with Crippen LogP contribution in [0.15, 0.2) is 38.2 Å². The van der Waals surface area contributed by atoms with Gasteiger partial charge >= 0.3 is 0 Å². The van der Waals surface area contributed by atoms with Crippen LogP contribution in [-0.4, -0.2) is 6.54 Å². The monoisotopic (exact) mass is 285 g/mol. The van der Waals surface area contributed by atoms with Crippen LogP contribution >= 0.6 is 27.3 Å². The molecule has 2 heterocycles. The van der Waals surface area contributed by atoms with E-state index in [1.54, 1.807) is 23.9 Å². The van der Waals surface area contributed by atoms with E-state index in [4.69, 9.17) is 4.42 Å². The number of furan rings is 1. The average Bonchev–Trinajstić information content (AvgIpc) is 2.85. The first-order valence-electron chi connectivity index (χ1n) is 4.80. The molecule has 0 fully saturated rings. The first kappa shape index (κ1) is 10.9. The van der Waals surface area contributed by atoms with E-state index in [1.807, 2.05) is 6.07 Å². The predicted octanol–water partition coefficient (Wildman–Crippen LogP) is 3.80. The molecule has 0 bridgehead atoms. The van der Waals surface area contributed by atoms with Gasteiger partial charge in [0.25, 0.3) is 0 Å². The molecule has 0 aliphatic heterocycles. The second kappa shape index (κ2) is 4.96. The van der Waals surface area contributed by atoms with E-state index < -0.39 is 0 Å². The van der Waals surface area contributed by atoms with Gasteiger partial charge in [0.15, 0.2) is 0 Å². The van der Waals surface area contributed by atoms with Crippen LogP contribution < -0.4 is 5.32 Å². The minimum Gasteiger partial charge on any atom is -0.472 e. The Morgan fingerprint density at radius 2 is 2.40 bits per heavy atom. The number of hydrogen-bond acceptors (Lipinski definition) is 3. The molecular weight excluding hydrogens is 274 g/mol. The van der Waals surface area contributed by atoms with Crippen molar-refractivity contribution in [3.63, 3.8) is 0 Å². The molecule has 0 amide bonds. The standard InChI is InChI=1S/C11H12BrNOS/c1-2-13-11(8-3-4-14-5-8)9-6-15-7-10(9)12/h3-7,11,13H,2H2,1H3. The van der Waals surface area contributed by atoms with E-state index >= 15 is 0 Å². The molecule has 4 heteroatoms. The van der Waals surface area contributed by atoms with Gasteiger partial charge in [0.1, 0.15) is 0 Å². The van der Waals surface area contributed by atoms with Crippen molar-refractivity contribution in [1.82, 2.24) is 5.32 Å². The van der Waals surface area contributed by atoms with Crippen LogP contribution in [0.4, 0.5) is 0 Å². The Balaban J connectivity index is 2.32. The average molecular weight is 286 g/mol. The molecule has 2 aromatic rings. The number of hydrogen-bond donors (Lipinski definition) is 1. The fourth-order valence-electron chi connectivity index (χ4n) is 1.55. The first-order valence-corrected chi connectivity index (χ1v) is 6.53. The molecule has 1 N–H and O–H groups in total. The van der Waals surface area contributed by atoms with E-state index in [-0.39, 0.29) is 6.04 Å². The van der Waals surface area contributed by atoms with E-state index in [2.05, 4.69) is 38.9 Å². The van der Waals surface area contributed by atoms with Crippen molar-refractivity contribution < 1.29 is 4.42 Å². The molecule has 0 aliphatic rings. The molecule has 0 spiro atoms. The third-order valence-corrected chi connectivity index (χ3v) is 3.99. The van der Waals surface area contributed by atoms with Crippen LogP contribution in [0.5, 0.6) is 0 Å². The largest absolute Gasteiger partial charge is 0.472 e. The number of nitrogens with one attached hydrogen (secondary N) is 1. The fraction of sp³-hybridized carbons (Fsp3) is 0.273. The Kier molecular flexibility index (Phi) is 3.61. The van der Waals surface area contributed by atoms with Crippen LogP contribution in [0.25, 0.3) is 0 Å². The van der Waals surface area contributed by atoms with Crippen LogP contribution in [0.3, 0.4) is 0 Å². The maximum absolute atomic E-state index is 5.13. The molecule has 0 saturated heterocycles. The van der Waals surface area contributed by atoms with Crippen LogP contribution in [0, 0.1) is 0 Å². The van der Waals surface area contributed by atoms with E-state index in [0.717, 1.165) is 16.6 Å². The van der Waals surface area contributed by atoms with Gasteiger partial charge in [-0.05, 0) is 39.5 Å². The third-order valence-electron chi connectivity index (χ3n) is 2.24. The molecule has 0 radical (unpaired) electrons. The summed E-state index contributed by atoms with van der Waals surface area (Å²) in [6.45, 7) is 3.03. The third kappa shape index (κ3) is 2.33. The lowest BCUT2D eigenvalue weighted by Gasteiger charge is -2.15. The van der Waals surface area contributed by atoms with Crippen molar-refractivity contribution in [2.75, 3.05) is 6.54 Å². The molecule has 0 aliphatic carbocycles. The van der Waals surface area contributed by atoms with Crippen molar-refractivity contribution in [3.05, 3.63) is 45.0 Å². The molecule has 1 atom stereocenters. The summed E-state index contributed by atoms with van der Waals surface area (Å²) >= 11 is 5.26. The SMILES string of the molecule is CCNC(c1ccoc1)c1cscc1Br. The lowest BCUT2D eigenvalue weighted by molar-refractivity contribution is 0.553. The van der Waals surface area contributed by atoms with E-state index in [9.17, 15) is 0 Å². The van der Waals surface area contributed by atoms with Crippen molar-refractivity contribution in [2.24, 2.45) is 0 Å². The fourth-order valence-corrected chi connectivity index (χ4v) is 3.10. The van der Waals surface area contributed by atoms with Gasteiger partial charge < -0.3 is 9.73 Å². The zero-order valence-corrected chi connectivity index (χ0v) is 10.8. The molecule has 80 valence electrons.